The van der Waals surface area contributed by atoms with Crippen molar-refractivity contribution in [3.63, 3.8) is 0 Å². The fourth-order valence-electron chi connectivity index (χ4n) is 2.78. The summed E-state index contributed by atoms with van der Waals surface area (Å²) in [6, 6.07) is 14.2. The van der Waals surface area contributed by atoms with E-state index in [1.165, 1.54) is 4.31 Å². The predicted octanol–water partition coefficient (Wildman–Crippen LogP) is 4.15. The van der Waals surface area contributed by atoms with Crippen LogP contribution in [0.2, 0.25) is 0 Å². The van der Waals surface area contributed by atoms with Crippen LogP contribution in [-0.2, 0) is 16.6 Å². The molecule has 28 heavy (non-hydrogen) atoms. The second-order valence-corrected chi connectivity index (χ2v) is 10.1. The van der Waals surface area contributed by atoms with E-state index in [-0.39, 0.29) is 10.8 Å². The van der Waals surface area contributed by atoms with E-state index in [4.69, 9.17) is 0 Å². The number of rotatable bonds is 9. The summed E-state index contributed by atoms with van der Waals surface area (Å²) < 4.78 is 26.5. The van der Waals surface area contributed by atoms with Gasteiger partial charge in [-0.1, -0.05) is 52.0 Å². The van der Waals surface area contributed by atoms with Gasteiger partial charge in [0.15, 0.2) is 0 Å². The highest BCUT2D eigenvalue weighted by molar-refractivity contribution is 8.00. The first-order valence-electron chi connectivity index (χ1n) is 9.42. The van der Waals surface area contributed by atoms with Gasteiger partial charge >= 0.3 is 0 Å². The van der Waals surface area contributed by atoms with E-state index < -0.39 is 10.0 Å². The molecule has 0 spiro atoms. The summed E-state index contributed by atoms with van der Waals surface area (Å²) in [5.74, 6) is -0.136. The number of sulfonamides is 1. The Balaban J connectivity index is 2.07. The Morgan fingerprint density at radius 3 is 2.21 bits per heavy atom. The maximum atomic E-state index is 12.6. The fourth-order valence-corrected chi connectivity index (χ4v) is 5.19. The number of carbonyl (C=O) groups is 1. The van der Waals surface area contributed by atoms with Gasteiger partial charge < -0.3 is 5.32 Å². The largest absolute Gasteiger partial charge is 0.348 e. The third-order valence-electron chi connectivity index (χ3n) is 4.21. The molecule has 5 nitrogen and oxygen atoms in total. The topological polar surface area (TPSA) is 66.5 Å². The molecule has 0 radical (unpaired) electrons. The zero-order valence-corrected chi connectivity index (χ0v) is 18.4. The summed E-state index contributed by atoms with van der Waals surface area (Å²) in [4.78, 5) is 13.8. The molecule has 0 fully saturated rings. The van der Waals surface area contributed by atoms with Crippen LogP contribution in [0.1, 0.15) is 43.6 Å². The molecular formula is C21H28N2O3S2. The van der Waals surface area contributed by atoms with Crippen molar-refractivity contribution in [1.29, 1.82) is 0 Å². The van der Waals surface area contributed by atoms with Crippen LogP contribution in [0.5, 0.6) is 0 Å². The first-order chi connectivity index (χ1) is 13.3. The van der Waals surface area contributed by atoms with Crippen LogP contribution in [0.15, 0.2) is 58.3 Å². The lowest BCUT2D eigenvalue weighted by Gasteiger charge is -2.18. The first-order valence-corrected chi connectivity index (χ1v) is 11.7. The van der Waals surface area contributed by atoms with E-state index in [9.17, 15) is 13.2 Å². The van der Waals surface area contributed by atoms with Crippen LogP contribution in [0.4, 0.5) is 0 Å². The molecule has 1 N–H and O–H groups in total. The molecule has 7 heteroatoms. The summed E-state index contributed by atoms with van der Waals surface area (Å²) in [5.41, 5.74) is 1.50. The number of thioether (sulfide) groups is 1. The van der Waals surface area contributed by atoms with Crippen LogP contribution in [0.25, 0.3) is 0 Å². The second kappa shape index (κ2) is 10.1. The molecule has 0 aliphatic carbocycles. The Kier molecular flexibility index (Phi) is 8.10. The van der Waals surface area contributed by atoms with Crippen LogP contribution >= 0.6 is 11.8 Å². The van der Waals surface area contributed by atoms with Crippen molar-refractivity contribution in [2.24, 2.45) is 0 Å². The molecule has 2 aromatic rings. The third-order valence-corrected chi connectivity index (χ3v) is 7.36. The molecule has 0 heterocycles. The lowest BCUT2D eigenvalue weighted by atomic mass is 10.2. The van der Waals surface area contributed by atoms with Crippen LogP contribution in [0, 0.1) is 0 Å². The molecule has 2 rings (SSSR count). The highest BCUT2D eigenvalue weighted by atomic mass is 32.2. The Morgan fingerprint density at radius 2 is 1.64 bits per heavy atom. The van der Waals surface area contributed by atoms with Gasteiger partial charge in [0.05, 0.1) is 10.5 Å². The third kappa shape index (κ3) is 5.59. The summed E-state index contributed by atoms with van der Waals surface area (Å²) >= 11 is 1.65. The van der Waals surface area contributed by atoms with Crippen LogP contribution in [0.3, 0.4) is 0 Å². The summed E-state index contributed by atoms with van der Waals surface area (Å²) in [6.07, 6.45) is 0. The van der Waals surface area contributed by atoms with E-state index in [1.54, 1.807) is 36.0 Å². The van der Waals surface area contributed by atoms with Crippen molar-refractivity contribution in [1.82, 2.24) is 9.62 Å². The predicted molar refractivity (Wildman–Crippen MR) is 115 cm³/mol. The van der Waals surface area contributed by atoms with E-state index >= 15 is 0 Å². The minimum absolute atomic E-state index is 0.136. The minimum Gasteiger partial charge on any atom is -0.348 e. The Bertz CT molecular complexity index is 890. The average molecular weight is 421 g/mol. The van der Waals surface area contributed by atoms with Gasteiger partial charge in [0, 0.05) is 29.8 Å². The zero-order chi connectivity index (χ0) is 20.7. The number of hydrogen-bond donors (Lipinski definition) is 1. The second-order valence-electron chi connectivity index (χ2n) is 6.58. The van der Waals surface area contributed by atoms with Gasteiger partial charge in [-0.15, -0.1) is 11.8 Å². The van der Waals surface area contributed by atoms with Crippen LogP contribution < -0.4 is 5.32 Å². The minimum atomic E-state index is -3.47. The van der Waals surface area contributed by atoms with Crippen LogP contribution in [-0.4, -0.2) is 37.0 Å². The van der Waals surface area contributed by atoms with Crippen molar-refractivity contribution in [2.45, 2.75) is 49.3 Å². The van der Waals surface area contributed by atoms with Gasteiger partial charge in [0.1, 0.15) is 0 Å². The molecule has 0 saturated heterocycles. The zero-order valence-electron chi connectivity index (χ0n) is 16.8. The highest BCUT2D eigenvalue weighted by Gasteiger charge is 2.21. The van der Waals surface area contributed by atoms with Gasteiger partial charge in [-0.2, -0.15) is 4.31 Å². The monoisotopic (exact) mass is 420 g/mol. The van der Waals surface area contributed by atoms with Crippen molar-refractivity contribution < 1.29 is 13.2 Å². The van der Waals surface area contributed by atoms with Gasteiger partial charge in [0.25, 0.3) is 5.91 Å². The van der Waals surface area contributed by atoms with Crippen molar-refractivity contribution in [3.8, 4) is 0 Å². The van der Waals surface area contributed by atoms with Crippen molar-refractivity contribution in [3.05, 3.63) is 59.7 Å². The van der Waals surface area contributed by atoms with Gasteiger partial charge in [-0.05, 0) is 29.8 Å². The number of nitrogens with zero attached hydrogens (tertiary/aromatic N) is 1. The lowest BCUT2D eigenvalue weighted by molar-refractivity contribution is 0.0948. The molecule has 2 aromatic carbocycles. The van der Waals surface area contributed by atoms with E-state index in [0.717, 1.165) is 10.5 Å². The smallest absolute Gasteiger partial charge is 0.252 e. The normalized spacial score (nSPS) is 11.8. The first kappa shape index (κ1) is 22.5. The molecule has 0 aromatic heterocycles. The molecule has 1 amide bonds. The number of amides is 1. The molecule has 0 bridgehead atoms. The summed E-state index contributed by atoms with van der Waals surface area (Å²) in [6.45, 7) is 9.03. The summed E-state index contributed by atoms with van der Waals surface area (Å²) in [7, 11) is -3.47. The van der Waals surface area contributed by atoms with Crippen molar-refractivity contribution in [2.75, 3.05) is 13.1 Å². The standard InChI is InChI=1S/C21H28N2O3S2/c1-5-23(6-2)28(25,26)18-13-11-17(12-14-18)15-22-21(24)19-9-7-8-10-20(19)27-16(3)4/h7-14,16H,5-6,15H2,1-4H3,(H,22,24). The number of hydrogen-bond acceptors (Lipinski definition) is 4. The maximum Gasteiger partial charge on any atom is 0.252 e. The molecule has 0 aliphatic heterocycles. The summed E-state index contributed by atoms with van der Waals surface area (Å²) in [5, 5.41) is 3.30. The van der Waals surface area contributed by atoms with E-state index in [1.807, 2.05) is 38.1 Å². The quantitative estimate of drug-likeness (QED) is 0.619. The molecule has 152 valence electrons. The van der Waals surface area contributed by atoms with Crippen molar-refractivity contribution >= 4 is 27.7 Å². The van der Waals surface area contributed by atoms with Gasteiger partial charge in [-0.3, -0.25) is 4.79 Å². The van der Waals surface area contributed by atoms with Gasteiger partial charge in [0.2, 0.25) is 10.0 Å². The maximum absolute atomic E-state index is 12.6. The number of carbonyl (C=O) groups excluding carboxylic acids is 1. The number of benzene rings is 2. The molecule has 0 atom stereocenters. The number of nitrogens with one attached hydrogen (secondary N) is 1. The highest BCUT2D eigenvalue weighted by Crippen LogP contribution is 2.26. The molecular weight excluding hydrogens is 392 g/mol. The SMILES string of the molecule is CCN(CC)S(=O)(=O)c1ccc(CNC(=O)c2ccccc2SC(C)C)cc1. The Labute approximate surface area is 172 Å². The molecule has 0 saturated carbocycles. The Morgan fingerprint density at radius 1 is 1.04 bits per heavy atom. The van der Waals surface area contributed by atoms with E-state index in [0.29, 0.717) is 30.4 Å². The molecule has 0 aliphatic rings. The fraction of sp³-hybridized carbons (Fsp3) is 0.381. The average Bonchev–Trinajstić information content (AvgIpc) is 2.67. The van der Waals surface area contributed by atoms with E-state index in [2.05, 4.69) is 19.2 Å². The van der Waals surface area contributed by atoms with Gasteiger partial charge in [-0.25, -0.2) is 8.42 Å². The Hall–Kier alpha value is -1.83. The lowest BCUT2D eigenvalue weighted by Crippen LogP contribution is -2.30. The molecule has 0 unspecified atom stereocenters.